The molecule has 54 heavy (non-hydrogen) atoms. The van der Waals surface area contributed by atoms with Gasteiger partial charge in [0, 0.05) is 25.2 Å². The molecule has 1 atom stereocenters. The van der Waals surface area contributed by atoms with Crippen LogP contribution in [0, 0.1) is 10.1 Å². The summed E-state index contributed by atoms with van der Waals surface area (Å²) in [5.41, 5.74) is 2.82. The zero-order chi connectivity index (χ0) is 37.8. The fraction of sp³-hybridized carbons (Fsp3) is 0.390. The van der Waals surface area contributed by atoms with Crippen molar-refractivity contribution >= 4 is 18.5 Å². The summed E-state index contributed by atoms with van der Waals surface area (Å²) in [6.45, 7) is 10.7. The van der Waals surface area contributed by atoms with Crippen LogP contribution in [0.1, 0.15) is 75.5 Å². The molecule has 3 heterocycles. The summed E-state index contributed by atoms with van der Waals surface area (Å²) in [4.78, 5) is 13.9. The molecule has 0 amide bonds. The first-order valence-corrected chi connectivity index (χ1v) is 18.8. The zero-order valence-electron chi connectivity index (χ0n) is 31.4. The number of tetrazole rings is 1. The molecule has 5 aromatic rings. The quantitative estimate of drug-likeness (QED) is 0.0409. The van der Waals surface area contributed by atoms with E-state index < -0.39 is 22.8 Å². The number of hydrogen-bond acceptors (Lipinski definition) is 10. The fourth-order valence-electron chi connectivity index (χ4n) is 7.53. The van der Waals surface area contributed by atoms with E-state index in [4.69, 9.17) is 19.1 Å². The van der Waals surface area contributed by atoms with Crippen LogP contribution in [-0.4, -0.2) is 69.8 Å². The molecular weight excluding hydrogens is 681 g/mol. The minimum atomic E-state index is -0.827. The number of nitro benzene ring substituents is 1. The monoisotopic (exact) mass is 729 g/mol. The lowest BCUT2D eigenvalue weighted by Crippen LogP contribution is -2.47. The minimum Gasteiger partial charge on any atom is -0.403 e. The Kier molecular flexibility index (Phi) is 10.9. The number of unbranched alkanes of at least 4 members (excludes halogenated alkanes) is 1. The highest BCUT2D eigenvalue weighted by Crippen LogP contribution is 2.42. The predicted molar refractivity (Wildman–Crippen MR) is 209 cm³/mol. The molecule has 2 saturated heterocycles. The molecule has 1 aromatic heterocycles. The summed E-state index contributed by atoms with van der Waals surface area (Å²) in [7, 11) is -0.301. The fourth-order valence-corrected chi connectivity index (χ4v) is 7.53. The summed E-state index contributed by atoms with van der Waals surface area (Å²) < 4.78 is 20.0. The molecule has 2 fully saturated rings. The van der Waals surface area contributed by atoms with Gasteiger partial charge in [0.05, 0.1) is 52.3 Å². The number of morpholine rings is 1. The van der Waals surface area contributed by atoms with E-state index in [0.717, 1.165) is 41.5 Å². The number of non-ortho nitro benzene ring substituents is 1. The molecule has 280 valence electrons. The average Bonchev–Trinajstić information content (AvgIpc) is 3.76. The van der Waals surface area contributed by atoms with Crippen LogP contribution in [0.3, 0.4) is 0 Å². The Hall–Kier alpha value is -4.95. The first-order valence-electron chi connectivity index (χ1n) is 18.8. The van der Waals surface area contributed by atoms with Gasteiger partial charge < -0.3 is 18.9 Å². The lowest BCUT2D eigenvalue weighted by Gasteiger charge is -2.40. The van der Waals surface area contributed by atoms with E-state index >= 15 is 0 Å². The van der Waals surface area contributed by atoms with Crippen LogP contribution < -0.4 is 10.2 Å². The zero-order valence-corrected chi connectivity index (χ0v) is 31.4. The van der Waals surface area contributed by atoms with Gasteiger partial charge in [-0.3, -0.25) is 15.4 Å². The second-order valence-corrected chi connectivity index (χ2v) is 15.0. The van der Waals surface area contributed by atoms with E-state index in [1.54, 1.807) is 16.8 Å². The third-order valence-corrected chi connectivity index (χ3v) is 11.1. The molecule has 0 spiro atoms. The molecule has 1 N–H and O–H groups in total. The van der Waals surface area contributed by atoms with Gasteiger partial charge in [0.2, 0.25) is 0 Å². The summed E-state index contributed by atoms with van der Waals surface area (Å²) in [6, 6.07) is 35.7. The first kappa shape index (κ1) is 37.4. The lowest BCUT2D eigenvalue weighted by molar-refractivity contribution is -0.384. The molecule has 4 aromatic carbocycles. The number of ether oxygens (including phenoxy) is 1. The van der Waals surface area contributed by atoms with Gasteiger partial charge in [-0.15, -0.1) is 5.10 Å². The Labute approximate surface area is 317 Å². The Morgan fingerprint density at radius 1 is 0.815 bits per heavy atom. The topological polar surface area (TPSA) is 130 Å². The molecule has 0 aliphatic carbocycles. The van der Waals surface area contributed by atoms with Gasteiger partial charge in [-0.1, -0.05) is 104 Å². The van der Waals surface area contributed by atoms with Crippen molar-refractivity contribution in [2.45, 2.75) is 76.1 Å². The standard InChI is InChI=1S/C41H48BN7O5/c1-39(2)40(3,4)54-42(53-39)25-15-14-22-35(38-44-45-46-48(38)37-30-34(49(50)51)23-24-36(37)47-26-28-52-29-27-47)43-41(31-16-8-5-9-17-31,32-18-10-6-11-19-32)33-20-12-7-13-21-33/h5-13,16-21,23-24,30,35,43H,14-15,22,25-29H2,1-4H3. The number of nitrogens with zero attached hydrogens (tertiary/aromatic N) is 6. The van der Waals surface area contributed by atoms with Crippen LogP contribution in [0.15, 0.2) is 109 Å². The van der Waals surface area contributed by atoms with Crippen molar-refractivity contribution in [3.05, 3.63) is 142 Å². The van der Waals surface area contributed by atoms with Crippen molar-refractivity contribution in [3.63, 3.8) is 0 Å². The van der Waals surface area contributed by atoms with Gasteiger partial charge in [-0.25, -0.2) is 0 Å². The number of benzene rings is 4. The molecule has 7 rings (SSSR count). The van der Waals surface area contributed by atoms with Crippen molar-refractivity contribution in [3.8, 4) is 5.69 Å². The van der Waals surface area contributed by atoms with Crippen molar-refractivity contribution < 1.29 is 19.0 Å². The van der Waals surface area contributed by atoms with E-state index in [0.29, 0.717) is 44.2 Å². The van der Waals surface area contributed by atoms with E-state index in [1.807, 2.05) is 18.2 Å². The number of nitrogens with one attached hydrogen (secondary N) is 1. The predicted octanol–water partition coefficient (Wildman–Crippen LogP) is 7.29. The summed E-state index contributed by atoms with van der Waals surface area (Å²) in [5.74, 6) is 0.549. The Morgan fingerprint density at radius 2 is 1.37 bits per heavy atom. The maximum Gasteiger partial charge on any atom is 0.457 e. The van der Waals surface area contributed by atoms with E-state index in [1.165, 1.54) is 6.07 Å². The van der Waals surface area contributed by atoms with E-state index in [9.17, 15) is 10.1 Å². The van der Waals surface area contributed by atoms with Crippen LogP contribution >= 0.6 is 0 Å². The highest BCUT2D eigenvalue weighted by molar-refractivity contribution is 6.45. The molecule has 2 aliphatic rings. The smallest absolute Gasteiger partial charge is 0.403 e. The molecule has 0 radical (unpaired) electrons. The molecule has 0 saturated carbocycles. The van der Waals surface area contributed by atoms with Crippen LogP contribution in [0.2, 0.25) is 6.32 Å². The normalized spacial score (nSPS) is 17.4. The molecule has 1 unspecified atom stereocenters. The van der Waals surface area contributed by atoms with Crippen LogP contribution in [-0.2, 0) is 19.6 Å². The average molecular weight is 730 g/mol. The Morgan fingerprint density at radius 3 is 1.91 bits per heavy atom. The maximum absolute atomic E-state index is 12.1. The number of nitro groups is 1. The lowest BCUT2D eigenvalue weighted by atomic mass is 9.76. The number of aromatic nitrogens is 4. The van der Waals surface area contributed by atoms with Crippen LogP contribution in [0.5, 0.6) is 0 Å². The second kappa shape index (κ2) is 15.8. The molecule has 12 nitrogen and oxygen atoms in total. The van der Waals surface area contributed by atoms with Gasteiger partial charge in [0.15, 0.2) is 5.82 Å². The molecule has 2 aliphatic heterocycles. The van der Waals surface area contributed by atoms with E-state index in [2.05, 4.69) is 121 Å². The van der Waals surface area contributed by atoms with Crippen LogP contribution in [0.25, 0.3) is 5.69 Å². The Balaban J connectivity index is 1.33. The summed E-state index contributed by atoms with van der Waals surface area (Å²) in [6.07, 6.45) is 3.02. The van der Waals surface area contributed by atoms with E-state index in [-0.39, 0.29) is 17.7 Å². The highest BCUT2D eigenvalue weighted by atomic mass is 16.7. The minimum absolute atomic E-state index is 0.0393. The van der Waals surface area contributed by atoms with Crippen molar-refractivity contribution in [2.75, 3.05) is 31.2 Å². The SMILES string of the molecule is CC1(C)OB(CCCCC(NC(c2ccccc2)(c2ccccc2)c2ccccc2)c2nnnn2-c2cc([N+](=O)[O-])ccc2N2CCOCC2)OC1(C)C. The van der Waals surface area contributed by atoms with Crippen molar-refractivity contribution in [1.82, 2.24) is 25.5 Å². The van der Waals surface area contributed by atoms with Crippen LogP contribution in [0.4, 0.5) is 11.4 Å². The Bertz CT molecular complexity index is 1890. The number of hydrogen-bond donors (Lipinski definition) is 1. The first-order chi connectivity index (χ1) is 26.1. The third kappa shape index (κ3) is 7.54. The van der Waals surface area contributed by atoms with Crippen molar-refractivity contribution in [2.24, 2.45) is 0 Å². The van der Waals surface area contributed by atoms with Gasteiger partial charge in [-0.05, 0) is 73.6 Å². The number of rotatable bonds is 14. The molecule has 0 bridgehead atoms. The third-order valence-electron chi connectivity index (χ3n) is 11.1. The summed E-state index contributed by atoms with van der Waals surface area (Å²) in [5, 5.41) is 29.7. The van der Waals surface area contributed by atoms with Gasteiger partial charge in [0.1, 0.15) is 0 Å². The second-order valence-electron chi connectivity index (χ2n) is 15.0. The largest absolute Gasteiger partial charge is 0.457 e. The van der Waals surface area contributed by atoms with Gasteiger partial charge in [0.25, 0.3) is 5.69 Å². The van der Waals surface area contributed by atoms with Gasteiger partial charge >= 0.3 is 7.12 Å². The summed E-state index contributed by atoms with van der Waals surface area (Å²) >= 11 is 0. The highest BCUT2D eigenvalue weighted by Gasteiger charge is 2.50. The van der Waals surface area contributed by atoms with Gasteiger partial charge in [-0.2, -0.15) is 4.68 Å². The number of anilines is 1. The molecular formula is C41H48BN7O5. The maximum atomic E-state index is 12.1. The molecule has 13 heteroatoms. The van der Waals surface area contributed by atoms with Crippen molar-refractivity contribution in [1.29, 1.82) is 0 Å².